The summed E-state index contributed by atoms with van der Waals surface area (Å²) in [6.07, 6.45) is 4.35. The van der Waals surface area contributed by atoms with Crippen molar-refractivity contribution in [1.82, 2.24) is 15.0 Å². The molecule has 0 spiro atoms. The van der Waals surface area contributed by atoms with Gasteiger partial charge in [0.15, 0.2) is 5.82 Å². The molecule has 208 valence electrons. The molecule has 4 unspecified atom stereocenters. The van der Waals surface area contributed by atoms with Gasteiger partial charge < -0.3 is 35.6 Å². The Labute approximate surface area is 233 Å². The number of rotatable bonds is 6. The SMILES string of the molecule is NCc1ccc(NC(=O)Nc2ccc(-c3nc(N4C5CCC4COC5)nc(N4C5CCC4COC5)n3)cc2)cc1. The van der Waals surface area contributed by atoms with Crippen molar-refractivity contribution in [2.75, 3.05) is 46.9 Å². The molecule has 11 nitrogen and oxygen atoms in total. The van der Waals surface area contributed by atoms with Crippen molar-refractivity contribution in [1.29, 1.82) is 0 Å². The number of hydrogen-bond acceptors (Lipinski definition) is 9. The minimum atomic E-state index is -0.316. The maximum absolute atomic E-state index is 12.6. The van der Waals surface area contributed by atoms with Crippen molar-refractivity contribution in [3.05, 3.63) is 54.1 Å². The fourth-order valence-electron chi connectivity index (χ4n) is 6.34. The van der Waals surface area contributed by atoms with Crippen LogP contribution in [0.15, 0.2) is 48.5 Å². The summed E-state index contributed by atoms with van der Waals surface area (Å²) in [6, 6.07) is 15.9. The first-order valence-electron chi connectivity index (χ1n) is 14.1. The van der Waals surface area contributed by atoms with Crippen LogP contribution in [0.5, 0.6) is 0 Å². The smallest absolute Gasteiger partial charge is 0.323 e. The zero-order valence-electron chi connectivity index (χ0n) is 22.3. The number of urea groups is 1. The van der Waals surface area contributed by atoms with Gasteiger partial charge in [-0.25, -0.2) is 4.79 Å². The Bertz CT molecular complexity index is 1290. The Morgan fingerprint density at radius 2 is 1.18 bits per heavy atom. The first-order chi connectivity index (χ1) is 19.6. The van der Waals surface area contributed by atoms with Crippen LogP contribution in [0.1, 0.15) is 31.2 Å². The molecule has 4 fully saturated rings. The van der Waals surface area contributed by atoms with E-state index in [1.165, 1.54) is 0 Å². The van der Waals surface area contributed by atoms with E-state index >= 15 is 0 Å². The van der Waals surface area contributed by atoms with Crippen LogP contribution < -0.4 is 26.2 Å². The van der Waals surface area contributed by atoms with E-state index in [0.29, 0.717) is 74.3 Å². The van der Waals surface area contributed by atoms with E-state index in [-0.39, 0.29) is 6.03 Å². The molecule has 1 aromatic heterocycles. The number of fused-ring (bicyclic) bond motifs is 4. The molecule has 0 saturated carbocycles. The molecule has 4 bridgehead atoms. The topological polar surface area (TPSA) is 131 Å². The van der Waals surface area contributed by atoms with E-state index in [1.54, 1.807) is 0 Å². The minimum absolute atomic E-state index is 0.292. The number of benzene rings is 2. The monoisotopic (exact) mass is 542 g/mol. The normalized spacial score (nSPS) is 25.2. The summed E-state index contributed by atoms with van der Waals surface area (Å²) in [7, 11) is 0. The maximum atomic E-state index is 12.6. The molecule has 4 N–H and O–H groups in total. The Morgan fingerprint density at radius 3 is 1.62 bits per heavy atom. The summed E-state index contributed by atoms with van der Waals surface area (Å²) in [6.45, 7) is 3.28. The molecule has 5 heterocycles. The fraction of sp³-hybridized carbons (Fsp3) is 0.448. The first kappa shape index (κ1) is 25.2. The fourth-order valence-corrected chi connectivity index (χ4v) is 6.34. The number of aromatic nitrogens is 3. The molecule has 4 aliphatic rings. The van der Waals surface area contributed by atoms with Gasteiger partial charge in [0.2, 0.25) is 11.9 Å². The van der Waals surface area contributed by atoms with E-state index in [2.05, 4.69) is 20.4 Å². The van der Waals surface area contributed by atoms with Crippen LogP contribution in [0.2, 0.25) is 0 Å². The van der Waals surface area contributed by atoms with Crippen LogP contribution in [0.25, 0.3) is 11.4 Å². The third-order valence-electron chi connectivity index (χ3n) is 8.40. The van der Waals surface area contributed by atoms with Crippen LogP contribution in [0.4, 0.5) is 28.1 Å². The van der Waals surface area contributed by atoms with Crippen LogP contribution in [-0.2, 0) is 16.0 Å². The molecule has 0 radical (unpaired) electrons. The summed E-state index contributed by atoms with van der Waals surface area (Å²) < 4.78 is 11.6. The molecule has 4 atom stereocenters. The Kier molecular flexibility index (Phi) is 6.70. The van der Waals surface area contributed by atoms with E-state index in [0.717, 1.165) is 48.7 Å². The zero-order chi connectivity index (χ0) is 27.1. The van der Waals surface area contributed by atoms with Gasteiger partial charge in [-0.05, 0) is 67.6 Å². The summed E-state index contributed by atoms with van der Waals surface area (Å²) >= 11 is 0. The van der Waals surface area contributed by atoms with Gasteiger partial charge in [0.25, 0.3) is 0 Å². The number of ether oxygens (including phenoxy) is 2. The molecule has 4 saturated heterocycles. The van der Waals surface area contributed by atoms with Gasteiger partial charge in [-0.2, -0.15) is 15.0 Å². The van der Waals surface area contributed by atoms with Gasteiger partial charge in [0.1, 0.15) is 0 Å². The molecular formula is C29H34N8O3. The lowest BCUT2D eigenvalue weighted by molar-refractivity contribution is 0.0885. The van der Waals surface area contributed by atoms with Crippen molar-refractivity contribution in [3.63, 3.8) is 0 Å². The van der Waals surface area contributed by atoms with Gasteiger partial charge in [-0.3, -0.25) is 0 Å². The predicted octanol–water partition coefficient (Wildman–Crippen LogP) is 3.38. The standard InChI is InChI=1S/C29H34N8O3/c30-13-18-1-5-20(6-2-18)31-29(38)32-21-7-3-19(4-8-21)26-33-27(36-22-9-10-23(36)15-39-14-22)35-28(34-26)37-24-11-12-25(37)17-40-16-24/h1-8,22-25H,9-17,30H2,(H2,31,32,38). The second kappa shape index (κ2) is 10.6. The van der Waals surface area contributed by atoms with Crippen LogP contribution in [0, 0.1) is 0 Å². The summed E-state index contributed by atoms with van der Waals surface area (Å²) in [5, 5.41) is 5.74. The molecule has 11 heteroatoms. The Morgan fingerprint density at radius 1 is 0.725 bits per heavy atom. The number of nitrogens with one attached hydrogen (secondary N) is 2. The van der Waals surface area contributed by atoms with E-state index in [4.69, 9.17) is 30.2 Å². The third kappa shape index (κ3) is 4.85. The average molecular weight is 543 g/mol. The van der Waals surface area contributed by atoms with Crippen molar-refractivity contribution in [3.8, 4) is 11.4 Å². The van der Waals surface area contributed by atoms with Gasteiger partial charge in [-0.15, -0.1) is 0 Å². The Balaban J connectivity index is 1.14. The lowest BCUT2D eigenvalue weighted by Crippen LogP contribution is -2.48. The number of anilines is 4. The third-order valence-corrected chi connectivity index (χ3v) is 8.40. The van der Waals surface area contributed by atoms with Crippen molar-refractivity contribution >= 4 is 29.3 Å². The minimum Gasteiger partial charge on any atom is -0.377 e. The predicted molar refractivity (Wildman–Crippen MR) is 152 cm³/mol. The molecule has 4 aliphatic heterocycles. The highest BCUT2D eigenvalue weighted by molar-refractivity contribution is 5.99. The van der Waals surface area contributed by atoms with Gasteiger partial charge in [0.05, 0.1) is 50.6 Å². The van der Waals surface area contributed by atoms with Gasteiger partial charge >= 0.3 is 6.03 Å². The van der Waals surface area contributed by atoms with Crippen molar-refractivity contribution < 1.29 is 14.3 Å². The maximum Gasteiger partial charge on any atom is 0.323 e. The highest BCUT2D eigenvalue weighted by atomic mass is 16.5. The first-order valence-corrected chi connectivity index (χ1v) is 14.1. The molecule has 7 rings (SSSR count). The van der Waals surface area contributed by atoms with Crippen molar-refractivity contribution in [2.45, 2.75) is 56.4 Å². The Hall–Kier alpha value is -3.80. The number of morpholine rings is 2. The van der Waals surface area contributed by atoms with E-state index in [9.17, 15) is 4.79 Å². The highest BCUT2D eigenvalue weighted by Crippen LogP contribution is 2.37. The van der Waals surface area contributed by atoms with E-state index < -0.39 is 0 Å². The molecule has 3 aromatic rings. The van der Waals surface area contributed by atoms with Crippen LogP contribution in [-0.4, -0.2) is 71.6 Å². The lowest BCUT2D eigenvalue weighted by Gasteiger charge is -2.37. The van der Waals surface area contributed by atoms with Crippen molar-refractivity contribution in [2.24, 2.45) is 5.73 Å². The molecular weight excluding hydrogens is 508 g/mol. The van der Waals surface area contributed by atoms with Gasteiger partial charge in [0, 0.05) is 23.5 Å². The number of nitrogens with zero attached hydrogens (tertiary/aromatic N) is 5. The second-order valence-corrected chi connectivity index (χ2v) is 11.0. The summed E-state index contributed by atoms with van der Waals surface area (Å²) in [5.74, 6) is 2.08. The number of carbonyl (C=O) groups is 1. The molecule has 0 aliphatic carbocycles. The largest absolute Gasteiger partial charge is 0.377 e. The lowest BCUT2D eigenvalue weighted by atomic mass is 10.2. The second-order valence-electron chi connectivity index (χ2n) is 11.0. The zero-order valence-corrected chi connectivity index (χ0v) is 22.3. The number of carbonyl (C=O) groups excluding carboxylic acids is 1. The number of hydrogen-bond donors (Lipinski definition) is 3. The molecule has 2 amide bonds. The average Bonchev–Trinajstić information content (AvgIpc) is 3.39. The molecule has 2 aromatic carbocycles. The number of amides is 2. The van der Waals surface area contributed by atoms with E-state index in [1.807, 2.05) is 48.5 Å². The highest BCUT2D eigenvalue weighted by Gasteiger charge is 2.42. The van der Waals surface area contributed by atoms with Gasteiger partial charge in [-0.1, -0.05) is 12.1 Å². The molecule has 40 heavy (non-hydrogen) atoms. The van der Waals surface area contributed by atoms with Crippen LogP contribution in [0.3, 0.4) is 0 Å². The number of nitrogens with two attached hydrogens (primary N) is 1. The quantitative estimate of drug-likeness (QED) is 0.429. The summed E-state index contributed by atoms with van der Waals surface area (Å²) in [4.78, 5) is 32.2. The summed E-state index contributed by atoms with van der Waals surface area (Å²) in [5.41, 5.74) is 8.90. The van der Waals surface area contributed by atoms with Crippen LogP contribution >= 0.6 is 0 Å².